The molecule has 0 radical (unpaired) electrons. The summed E-state index contributed by atoms with van der Waals surface area (Å²) in [5.41, 5.74) is 20.4. The van der Waals surface area contributed by atoms with E-state index in [1.54, 1.807) is 12.4 Å². The van der Waals surface area contributed by atoms with Gasteiger partial charge in [0, 0.05) is 40.3 Å². The van der Waals surface area contributed by atoms with Crippen LogP contribution in [0.4, 0.5) is 11.4 Å². The van der Waals surface area contributed by atoms with Gasteiger partial charge in [-0.3, -0.25) is 4.98 Å². The molecule has 0 unspecified atom stereocenters. The van der Waals surface area contributed by atoms with Crippen LogP contribution in [-0.2, 0) is 5.41 Å². The second-order valence-electron chi connectivity index (χ2n) is 6.74. The van der Waals surface area contributed by atoms with Crippen LogP contribution in [0.3, 0.4) is 0 Å². The lowest BCUT2D eigenvalue weighted by Gasteiger charge is -2.26. The van der Waals surface area contributed by atoms with Gasteiger partial charge in [-0.25, -0.2) is 0 Å². The van der Waals surface area contributed by atoms with Gasteiger partial charge in [0.2, 0.25) is 0 Å². The fourth-order valence-electron chi connectivity index (χ4n) is 3.81. The van der Waals surface area contributed by atoms with Gasteiger partial charge in [-0.15, -0.1) is 0 Å². The molecule has 0 saturated heterocycles. The molecule has 1 aliphatic carbocycles. The summed E-state index contributed by atoms with van der Waals surface area (Å²) in [6.45, 7) is 4.41. The van der Waals surface area contributed by atoms with Gasteiger partial charge in [0.05, 0.1) is 5.02 Å². The first-order chi connectivity index (χ1) is 11.4. The summed E-state index contributed by atoms with van der Waals surface area (Å²) in [6, 6.07) is 12.1. The van der Waals surface area contributed by atoms with Crippen LogP contribution in [0.15, 0.2) is 48.8 Å². The van der Waals surface area contributed by atoms with Crippen molar-refractivity contribution in [2.45, 2.75) is 19.3 Å². The zero-order valence-corrected chi connectivity index (χ0v) is 14.4. The molecule has 1 aromatic heterocycles. The van der Waals surface area contributed by atoms with E-state index in [1.165, 1.54) is 22.3 Å². The Morgan fingerprint density at radius 1 is 0.958 bits per heavy atom. The van der Waals surface area contributed by atoms with Crippen molar-refractivity contribution in [1.29, 1.82) is 0 Å². The van der Waals surface area contributed by atoms with E-state index < -0.39 is 0 Å². The predicted octanol–water partition coefficient (Wildman–Crippen LogP) is 4.87. The molecule has 0 atom stereocenters. The average molecular weight is 336 g/mol. The Morgan fingerprint density at radius 2 is 1.71 bits per heavy atom. The summed E-state index contributed by atoms with van der Waals surface area (Å²) in [7, 11) is 0. The minimum absolute atomic E-state index is 0.211. The van der Waals surface area contributed by atoms with Crippen molar-refractivity contribution in [3.8, 4) is 22.3 Å². The fourth-order valence-corrected chi connectivity index (χ4v) is 4.02. The SMILES string of the molecule is CC1(C)c2cc(N)ccc2-c2ccc(N)c(-c3ccncc3Cl)c21. The Balaban J connectivity index is 2.11. The first-order valence-corrected chi connectivity index (χ1v) is 8.22. The van der Waals surface area contributed by atoms with Crippen LogP contribution < -0.4 is 11.5 Å². The quantitative estimate of drug-likeness (QED) is 0.623. The Morgan fingerprint density at radius 3 is 2.46 bits per heavy atom. The van der Waals surface area contributed by atoms with E-state index in [1.807, 2.05) is 18.2 Å². The van der Waals surface area contributed by atoms with E-state index in [2.05, 4.69) is 37.0 Å². The minimum atomic E-state index is -0.211. The van der Waals surface area contributed by atoms with Gasteiger partial charge in [-0.2, -0.15) is 0 Å². The second kappa shape index (κ2) is 4.99. The lowest BCUT2D eigenvalue weighted by molar-refractivity contribution is 0.662. The van der Waals surface area contributed by atoms with Crippen molar-refractivity contribution >= 4 is 23.0 Å². The molecule has 4 N–H and O–H groups in total. The molecule has 0 amide bonds. The van der Waals surface area contributed by atoms with E-state index in [0.29, 0.717) is 5.02 Å². The lowest BCUT2D eigenvalue weighted by Crippen LogP contribution is -2.17. The first-order valence-electron chi connectivity index (χ1n) is 7.84. The highest BCUT2D eigenvalue weighted by molar-refractivity contribution is 6.33. The third-order valence-electron chi connectivity index (χ3n) is 4.91. The number of fused-ring (bicyclic) bond motifs is 3. The number of halogens is 1. The number of nitrogens with two attached hydrogens (primary N) is 2. The molecule has 2 aromatic carbocycles. The minimum Gasteiger partial charge on any atom is -0.399 e. The molecule has 4 rings (SSSR count). The maximum atomic E-state index is 6.42. The molecular weight excluding hydrogens is 318 g/mol. The summed E-state index contributed by atoms with van der Waals surface area (Å²) in [6.07, 6.45) is 3.40. The number of rotatable bonds is 1. The first kappa shape index (κ1) is 15.0. The van der Waals surface area contributed by atoms with Crippen molar-refractivity contribution in [2.24, 2.45) is 0 Å². The summed E-state index contributed by atoms with van der Waals surface area (Å²) in [5, 5.41) is 0.601. The maximum absolute atomic E-state index is 6.42. The Kier molecular flexibility index (Phi) is 3.12. The molecular formula is C20H18ClN3. The monoisotopic (exact) mass is 335 g/mol. The van der Waals surface area contributed by atoms with Gasteiger partial charge in [0.1, 0.15) is 0 Å². The number of aromatic nitrogens is 1. The smallest absolute Gasteiger partial charge is 0.0668 e. The Bertz CT molecular complexity index is 977. The third-order valence-corrected chi connectivity index (χ3v) is 5.21. The van der Waals surface area contributed by atoms with Crippen LogP contribution in [-0.4, -0.2) is 4.98 Å². The third kappa shape index (κ3) is 1.95. The van der Waals surface area contributed by atoms with Gasteiger partial charge in [-0.1, -0.05) is 37.6 Å². The topological polar surface area (TPSA) is 64.9 Å². The number of nitrogens with zero attached hydrogens (tertiary/aromatic N) is 1. The van der Waals surface area contributed by atoms with Crippen molar-refractivity contribution in [2.75, 3.05) is 11.5 Å². The second-order valence-corrected chi connectivity index (χ2v) is 7.15. The van der Waals surface area contributed by atoms with E-state index >= 15 is 0 Å². The van der Waals surface area contributed by atoms with Crippen LogP contribution in [0.1, 0.15) is 25.0 Å². The molecule has 0 bridgehead atoms. The maximum Gasteiger partial charge on any atom is 0.0668 e. The zero-order chi connectivity index (χ0) is 17.1. The van der Waals surface area contributed by atoms with E-state index in [9.17, 15) is 0 Å². The number of hydrogen-bond acceptors (Lipinski definition) is 3. The number of benzene rings is 2. The normalized spacial score (nSPS) is 14.3. The molecule has 1 heterocycles. The molecule has 24 heavy (non-hydrogen) atoms. The lowest BCUT2D eigenvalue weighted by atomic mass is 9.78. The van der Waals surface area contributed by atoms with E-state index in [0.717, 1.165) is 22.5 Å². The molecule has 0 saturated carbocycles. The zero-order valence-electron chi connectivity index (χ0n) is 13.6. The fraction of sp³-hybridized carbons (Fsp3) is 0.150. The number of anilines is 2. The summed E-state index contributed by atoms with van der Waals surface area (Å²) < 4.78 is 0. The predicted molar refractivity (Wildman–Crippen MR) is 101 cm³/mol. The molecule has 1 aliphatic rings. The Hall–Kier alpha value is -2.52. The molecule has 0 aliphatic heterocycles. The number of hydrogen-bond donors (Lipinski definition) is 2. The Labute approximate surface area is 146 Å². The van der Waals surface area contributed by atoms with Crippen molar-refractivity contribution < 1.29 is 0 Å². The van der Waals surface area contributed by atoms with Crippen LogP contribution in [0.25, 0.3) is 22.3 Å². The highest BCUT2D eigenvalue weighted by Crippen LogP contribution is 2.54. The highest BCUT2D eigenvalue weighted by Gasteiger charge is 2.38. The molecule has 3 nitrogen and oxygen atoms in total. The summed E-state index contributed by atoms with van der Waals surface area (Å²) >= 11 is 6.42. The van der Waals surface area contributed by atoms with Crippen LogP contribution in [0.5, 0.6) is 0 Å². The number of nitrogen functional groups attached to an aromatic ring is 2. The molecule has 120 valence electrons. The highest BCUT2D eigenvalue weighted by atomic mass is 35.5. The van der Waals surface area contributed by atoms with Crippen molar-refractivity contribution in [3.63, 3.8) is 0 Å². The summed E-state index contributed by atoms with van der Waals surface area (Å²) in [5.74, 6) is 0. The van der Waals surface area contributed by atoms with Gasteiger partial charge in [-0.05, 0) is 46.5 Å². The van der Waals surface area contributed by atoms with Gasteiger partial charge in [0.15, 0.2) is 0 Å². The largest absolute Gasteiger partial charge is 0.399 e. The average Bonchev–Trinajstić information content (AvgIpc) is 2.76. The standard InChI is InChI=1S/C20H18ClN3/c1-20(2)15-9-11(22)3-4-12(15)13-5-6-17(23)18(19(13)20)14-7-8-24-10-16(14)21/h3-10H,22-23H2,1-2H3. The van der Waals surface area contributed by atoms with E-state index in [-0.39, 0.29) is 5.41 Å². The van der Waals surface area contributed by atoms with Gasteiger partial charge in [0.25, 0.3) is 0 Å². The van der Waals surface area contributed by atoms with E-state index in [4.69, 9.17) is 23.1 Å². The van der Waals surface area contributed by atoms with Gasteiger partial charge >= 0.3 is 0 Å². The number of pyridine rings is 1. The van der Waals surface area contributed by atoms with Crippen LogP contribution >= 0.6 is 11.6 Å². The van der Waals surface area contributed by atoms with Crippen molar-refractivity contribution in [1.82, 2.24) is 4.98 Å². The summed E-state index contributed by atoms with van der Waals surface area (Å²) in [4.78, 5) is 4.09. The van der Waals surface area contributed by atoms with Gasteiger partial charge < -0.3 is 11.5 Å². The molecule has 0 spiro atoms. The molecule has 0 fully saturated rings. The molecule has 3 aromatic rings. The van der Waals surface area contributed by atoms with Crippen LogP contribution in [0, 0.1) is 0 Å². The van der Waals surface area contributed by atoms with Crippen LogP contribution in [0.2, 0.25) is 5.02 Å². The van der Waals surface area contributed by atoms with Crippen molar-refractivity contribution in [3.05, 3.63) is 64.9 Å². The molecule has 4 heteroatoms.